The van der Waals surface area contributed by atoms with Crippen LogP contribution in [0.4, 0.5) is 8.78 Å². The van der Waals surface area contributed by atoms with E-state index in [9.17, 15) is 13.6 Å². The summed E-state index contributed by atoms with van der Waals surface area (Å²) in [6.45, 7) is 2.14. The minimum absolute atomic E-state index is 0.262. The smallest absolute Gasteiger partial charge is 0.338 e. The molecule has 0 amide bonds. The van der Waals surface area contributed by atoms with Crippen LogP contribution in [0.3, 0.4) is 0 Å². The number of carboxylic acids is 1. The lowest BCUT2D eigenvalue weighted by Gasteiger charge is -2.06. The number of halogens is 2. The average Bonchev–Trinajstić information content (AvgIpc) is 2.38. The molecule has 106 valence electrons. The summed E-state index contributed by atoms with van der Waals surface area (Å²) in [5.74, 6) is -3.72. The lowest BCUT2D eigenvalue weighted by Crippen LogP contribution is -2.05. The maximum absolute atomic E-state index is 13.6. The van der Waals surface area contributed by atoms with E-state index < -0.39 is 23.2 Å². The first-order valence-electron chi connectivity index (χ1n) is 6.78. The van der Waals surface area contributed by atoms with Gasteiger partial charge in [-0.05, 0) is 24.5 Å². The van der Waals surface area contributed by atoms with Crippen molar-refractivity contribution in [3.05, 3.63) is 34.9 Å². The molecule has 0 atom stereocenters. The number of rotatable bonds is 8. The Morgan fingerprint density at radius 1 is 1.05 bits per heavy atom. The number of carboxylic acid groups (broad SMARTS) is 1. The van der Waals surface area contributed by atoms with Crippen molar-refractivity contribution in [3.63, 3.8) is 0 Å². The zero-order valence-corrected chi connectivity index (χ0v) is 11.2. The summed E-state index contributed by atoms with van der Waals surface area (Å²) in [6.07, 6.45) is 6.90. The summed E-state index contributed by atoms with van der Waals surface area (Å²) in [7, 11) is 0. The number of unbranched alkanes of at least 4 members (excludes halogenated alkanes) is 5. The average molecular weight is 270 g/mol. The van der Waals surface area contributed by atoms with Crippen molar-refractivity contribution < 1.29 is 18.7 Å². The quantitative estimate of drug-likeness (QED) is 0.703. The third-order valence-corrected chi connectivity index (χ3v) is 3.19. The van der Waals surface area contributed by atoms with Gasteiger partial charge >= 0.3 is 5.97 Å². The molecule has 0 saturated carbocycles. The molecule has 1 rings (SSSR count). The van der Waals surface area contributed by atoms with E-state index in [4.69, 9.17) is 5.11 Å². The number of carbonyl (C=O) groups is 1. The Labute approximate surface area is 112 Å². The van der Waals surface area contributed by atoms with Crippen LogP contribution in [0.5, 0.6) is 0 Å². The Morgan fingerprint density at radius 2 is 1.68 bits per heavy atom. The Balaban J connectivity index is 2.51. The standard InChI is InChI=1S/C15H20F2O2/c1-2-3-4-5-6-7-8-11-9-10-12(15(18)19)14(17)13(11)16/h9-10H,2-8H2,1H3,(H,18,19). The van der Waals surface area contributed by atoms with Gasteiger partial charge in [-0.2, -0.15) is 0 Å². The molecule has 0 aliphatic rings. The van der Waals surface area contributed by atoms with Crippen LogP contribution >= 0.6 is 0 Å². The molecule has 0 radical (unpaired) electrons. The van der Waals surface area contributed by atoms with Crippen molar-refractivity contribution in [2.24, 2.45) is 0 Å². The van der Waals surface area contributed by atoms with Crippen molar-refractivity contribution in [1.29, 1.82) is 0 Å². The molecule has 19 heavy (non-hydrogen) atoms. The molecule has 2 nitrogen and oxygen atoms in total. The first-order valence-corrected chi connectivity index (χ1v) is 6.78. The Morgan fingerprint density at radius 3 is 2.32 bits per heavy atom. The van der Waals surface area contributed by atoms with Crippen LogP contribution in [0.25, 0.3) is 0 Å². The SMILES string of the molecule is CCCCCCCCc1ccc(C(=O)O)c(F)c1F. The predicted octanol–water partition coefficient (Wildman–Crippen LogP) is 4.57. The zero-order chi connectivity index (χ0) is 14.3. The zero-order valence-electron chi connectivity index (χ0n) is 11.2. The van der Waals surface area contributed by atoms with Crippen molar-refractivity contribution >= 4 is 5.97 Å². The summed E-state index contributed by atoms with van der Waals surface area (Å²) in [5.41, 5.74) is -0.345. The third-order valence-electron chi connectivity index (χ3n) is 3.19. The Kier molecular flexibility index (Phi) is 6.46. The van der Waals surface area contributed by atoms with E-state index in [1.807, 2.05) is 0 Å². The highest BCUT2D eigenvalue weighted by Gasteiger charge is 2.17. The summed E-state index contributed by atoms with van der Waals surface area (Å²) >= 11 is 0. The minimum atomic E-state index is -1.44. The van der Waals surface area contributed by atoms with E-state index in [1.165, 1.54) is 25.3 Å². The number of aryl methyl sites for hydroxylation is 1. The number of benzene rings is 1. The highest BCUT2D eigenvalue weighted by atomic mass is 19.2. The second-order valence-electron chi connectivity index (χ2n) is 4.72. The molecule has 1 aromatic rings. The van der Waals surface area contributed by atoms with Gasteiger partial charge in [-0.1, -0.05) is 45.1 Å². The molecule has 0 aliphatic heterocycles. The fourth-order valence-corrected chi connectivity index (χ4v) is 2.04. The van der Waals surface area contributed by atoms with Gasteiger partial charge in [-0.25, -0.2) is 13.6 Å². The van der Waals surface area contributed by atoms with E-state index in [0.717, 1.165) is 25.3 Å². The summed E-state index contributed by atoms with van der Waals surface area (Å²) in [6, 6.07) is 2.50. The van der Waals surface area contributed by atoms with E-state index in [2.05, 4.69) is 6.92 Å². The second kappa shape index (κ2) is 7.87. The molecule has 0 saturated heterocycles. The van der Waals surface area contributed by atoms with Crippen LogP contribution in [0.15, 0.2) is 12.1 Å². The van der Waals surface area contributed by atoms with Gasteiger partial charge in [0.25, 0.3) is 0 Å². The van der Waals surface area contributed by atoms with Crippen molar-refractivity contribution in [2.45, 2.75) is 51.9 Å². The van der Waals surface area contributed by atoms with Crippen LogP contribution in [0.1, 0.15) is 61.4 Å². The molecular weight excluding hydrogens is 250 g/mol. The second-order valence-corrected chi connectivity index (χ2v) is 4.72. The van der Waals surface area contributed by atoms with Gasteiger partial charge in [0.1, 0.15) is 0 Å². The van der Waals surface area contributed by atoms with Gasteiger partial charge in [0.2, 0.25) is 0 Å². The maximum Gasteiger partial charge on any atom is 0.338 e. The van der Waals surface area contributed by atoms with Gasteiger partial charge in [0.05, 0.1) is 5.56 Å². The van der Waals surface area contributed by atoms with Gasteiger partial charge in [-0.3, -0.25) is 0 Å². The van der Waals surface area contributed by atoms with Crippen LogP contribution in [-0.4, -0.2) is 11.1 Å². The molecule has 0 aliphatic carbocycles. The van der Waals surface area contributed by atoms with Crippen molar-refractivity contribution in [1.82, 2.24) is 0 Å². The van der Waals surface area contributed by atoms with E-state index in [0.29, 0.717) is 6.42 Å². The summed E-state index contributed by atoms with van der Waals surface area (Å²) < 4.78 is 27.0. The molecule has 0 unspecified atom stereocenters. The van der Waals surface area contributed by atoms with Crippen molar-refractivity contribution in [3.8, 4) is 0 Å². The fourth-order valence-electron chi connectivity index (χ4n) is 2.04. The molecule has 0 aromatic heterocycles. The third kappa shape index (κ3) is 4.62. The van der Waals surface area contributed by atoms with E-state index in [-0.39, 0.29) is 5.56 Å². The minimum Gasteiger partial charge on any atom is -0.478 e. The molecule has 4 heteroatoms. The Bertz CT molecular complexity index is 430. The van der Waals surface area contributed by atoms with E-state index in [1.54, 1.807) is 0 Å². The summed E-state index contributed by atoms with van der Waals surface area (Å²) in [5, 5.41) is 8.67. The maximum atomic E-state index is 13.6. The number of hydrogen-bond donors (Lipinski definition) is 1. The molecule has 0 heterocycles. The number of aromatic carboxylic acids is 1. The molecule has 0 spiro atoms. The Hall–Kier alpha value is -1.45. The van der Waals surface area contributed by atoms with Crippen LogP contribution in [-0.2, 0) is 6.42 Å². The number of hydrogen-bond acceptors (Lipinski definition) is 1. The highest BCUT2D eigenvalue weighted by molar-refractivity contribution is 5.88. The van der Waals surface area contributed by atoms with Gasteiger partial charge in [0.15, 0.2) is 11.6 Å². The highest BCUT2D eigenvalue weighted by Crippen LogP contribution is 2.19. The monoisotopic (exact) mass is 270 g/mol. The van der Waals surface area contributed by atoms with Crippen molar-refractivity contribution in [2.75, 3.05) is 0 Å². The van der Waals surface area contributed by atoms with Gasteiger partial charge in [0, 0.05) is 0 Å². The van der Waals surface area contributed by atoms with Crippen LogP contribution < -0.4 is 0 Å². The fraction of sp³-hybridized carbons (Fsp3) is 0.533. The lowest BCUT2D eigenvalue weighted by atomic mass is 10.0. The predicted molar refractivity (Wildman–Crippen MR) is 70.4 cm³/mol. The van der Waals surface area contributed by atoms with Crippen LogP contribution in [0.2, 0.25) is 0 Å². The molecule has 0 fully saturated rings. The normalized spacial score (nSPS) is 10.7. The molecule has 0 bridgehead atoms. The first kappa shape index (κ1) is 15.6. The van der Waals surface area contributed by atoms with E-state index >= 15 is 0 Å². The molecule has 1 N–H and O–H groups in total. The largest absolute Gasteiger partial charge is 0.478 e. The van der Waals surface area contributed by atoms with Crippen LogP contribution in [0, 0.1) is 11.6 Å². The first-order chi connectivity index (χ1) is 9.07. The van der Waals surface area contributed by atoms with Gasteiger partial charge < -0.3 is 5.11 Å². The lowest BCUT2D eigenvalue weighted by molar-refractivity contribution is 0.0690. The summed E-state index contributed by atoms with van der Waals surface area (Å²) in [4.78, 5) is 10.6. The molecular formula is C15H20F2O2. The van der Waals surface area contributed by atoms with Gasteiger partial charge in [-0.15, -0.1) is 0 Å². The topological polar surface area (TPSA) is 37.3 Å². The molecule has 1 aromatic carbocycles.